The molecule has 5 heteroatoms. The zero-order chi connectivity index (χ0) is 22.4. The molecule has 4 rings (SSSR count). The van der Waals surface area contributed by atoms with Crippen LogP contribution in [0.3, 0.4) is 0 Å². The van der Waals surface area contributed by atoms with E-state index >= 15 is 0 Å². The third kappa shape index (κ3) is 3.73. The van der Waals surface area contributed by atoms with E-state index in [-0.39, 0.29) is 35.5 Å². The highest BCUT2D eigenvalue weighted by Crippen LogP contribution is 2.66. The van der Waals surface area contributed by atoms with Gasteiger partial charge in [-0.3, -0.25) is 9.59 Å². The summed E-state index contributed by atoms with van der Waals surface area (Å²) in [6.45, 7) is 7.79. The molecule has 168 valence electrons. The Bertz CT molecular complexity index is 880. The van der Waals surface area contributed by atoms with E-state index in [4.69, 9.17) is 9.47 Å². The normalized spacial score (nSPS) is 40.4. The fraction of sp³-hybridized carbons (Fsp3) is 0.731. The van der Waals surface area contributed by atoms with E-state index in [1.807, 2.05) is 0 Å². The molecule has 0 unspecified atom stereocenters. The van der Waals surface area contributed by atoms with E-state index in [9.17, 15) is 14.9 Å². The van der Waals surface area contributed by atoms with Gasteiger partial charge in [-0.1, -0.05) is 25.5 Å². The van der Waals surface area contributed by atoms with Crippen LogP contribution in [-0.4, -0.2) is 24.6 Å². The Hall–Kier alpha value is -2.09. The van der Waals surface area contributed by atoms with Crippen LogP contribution in [0.1, 0.15) is 79.1 Å². The van der Waals surface area contributed by atoms with Gasteiger partial charge in [-0.15, -0.1) is 0 Å². The maximum absolute atomic E-state index is 11.4. The zero-order valence-electron chi connectivity index (χ0n) is 19.3. The van der Waals surface area contributed by atoms with E-state index < -0.39 is 0 Å². The number of nitrogens with zero attached hydrogens (tertiary/aromatic N) is 1. The summed E-state index contributed by atoms with van der Waals surface area (Å²) >= 11 is 0. The zero-order valence-corrected chi connectivity index (χ0v) is 19.3. The van der Waals surface area contributed by atoms with E-state index in [0.29, 0.717) is 23.3 Å². The molecular weight excluding hydrogens is 390 g/mol. The smallest absolute Gasteiger partial charge is 0.302 e. The van der Waals surface area contributed by atoms with Crippen molar-refractivity contribution in [2.24, 2.45) is 28.6 Å². The van der Waals surface area contributed by atoms with Crippen LogP contribution in [0.4, 0.5) is 0 Å². The first kappa shape index (κ1) is 22.1. The summed E-state index contributed by atoms with van der Waals surface area (Å²) in [7, 11) is 0. The van der Waals surface area contributed by atoms with Crippen molar-refractivity contribution in [3.05, 3.63) is 22.8 Å². The first-order valence-electron chi connectivity index (χ1n) is 11.8. The Morgan fingerprint density at radius 2 is 1.81 bits per heavy atom. The lowest BCUT2D eigenvalue weighted by Gasteiger charge is -2.57. The molecule has 0 aliphatic heterocycles. The number of fused-ring (bicyclic) bond motifs is 5. The van der Waals surface area contributed by atoms with Gasteiger partial charge >= 0.3 is 11.9 Å². The second-order valence-corrected chi connectivity index (χ2v) is 10.6. The van der Waals surface area contributed by atoms with Gasteiger partial charge in [0.1, 0.15) is 12.7 Å². The summed E-state index contributed by atoms with van der Waals surface area (Å²) in [6.07, 6.45) is 10.8. The Morgan fingerprint density at radius 3 is 2.48 bits per heavy atom. The minimum absolute atomic E-state index is 0.0303. The monoisotopic (exact) mass is 425 g/mol. The number of hydrogen-bond acceptors (Lipinski definition) is 5. The average molecular weight is 426 g/mol. The predicted octanol–water partition coefficient (Wildman–Crippen LogP) is 5.26. The summed E-state index contributed by atoms with van der Waals surface area (Å²) in [5, 5.41) is 9.77. The number of carbonyl (C=O) groups excluding carboxylic acids is 2. The van der Waals surface area contributed by atoms with Crippen LogP contribution in [0.5, 0.6) is 0 Å². The summed E-state index contributed by atoms with van der Waals surface area (Å²) in [6, 6.07) is 2.35. The minimum Gasteiger partial charge on any atom is -0.462 e. The molecule has 0 saturated heterocycles. The second-order valence-electron chi connectivity index (χ2n) is 10.6. The molecule has 0 N–H and O–H groups in total. The molecule has 0 bridgehead atoms. The first-order valence-corrected chi connectivity index (χ1v) is 11.8. The Kier molecular flexibility index (Phi) is 5.79. The molecule has 4 aliphatic carbocycles. The molecule has 6 atom stereocenters. The maximum atomic E-state index is 11.4. The predicted molar refractivity (Wildman–Crippen MR) is 117 cm³/mol. The van der Waals surface area contributed by atoms with Crippen LogP contribution in [0.25, 0.3) is 0 Å². The standard InChI is InChI=1S/C26H35NO4/c1-16(28)30-15-18(14-27)22-7-8-23-21-6-5-19-13-20(31-17(2)29)9-11-25(19,3)24(21)10-12-26(22,23)4/h5,20-21,23-24H,6-13,15H2,1-4H3/b22-18-/t20-,21+,23+,24+,25+,26-/m1/s1. The highest BCUT2D eigenvalue weighted by molar-refractivity contribution is 5.66. The van der Waals surface area contributed by atoms with Gasteiger partial charge in [-0.05, 0) is 79.1 Å². The second kappa shape index (κ2) is 8.11. The molecule has 31 heavy (non-hydrogen) atoms. The van der Waals surface area contributed by atoms with Crippen LogP contribution in [0, 0.1) is 39.9 Å². The van der Waals surface area contributed by atoms with Gasteiger partial charge in [0.25, 0.3) is 0 Å². The van der Waals surface area contributed by atoms with Gasteiger partial charge in [-0.25, -0.2) is 0 Å². The van der Waals surface area contributed by atoms with E-state index in [1.54, 1.807) is 0 Å². The van der Waals surface area contributed by atoms with Gasteiger partial charge in [0.2, 0.25) is 0 Å². The molecule has 0 aromatic rings. The Labute approximate surface area is 185 Å². The van der Waals surface area contributed by atoms with Crippen molar-refractivity contribution in [2.75, 3.05) is 6.61 Å². The molecule has 0 spiro atoms. The van der Waals surface area contributed by atoms with Crippen molar-refractivity contribution < 1.29 is 19.1 Å². The fourth-order valence-corrected chi connectivity index (χ4v) is 7.63. The number of esters is 2. The lowest BCUT2D eigenvalue weighted by atomic mass is 9.47. The molecule has 3 fully saturated rings. The first-order chi connectivity index (χ1) is 14.7. The summed E-state index contributed by atoms with van der Waals surface area (Å²) in [5.74, 6) is 1.34. The molecule has 0 aromatic carbocycles. The molecule has 0 amide bonds. The van der Waals surface area contributed by atoms with Crippen LogP contribution >= 0.6 is 0 Å². The number of ether oxygens (including phenoxy) is 2. The summed E-state index contributed by atoms with van der Waals surface area (Å²) in [4.78, 5) is 22.7. The maximum Gasteiger partial charge on any atom is 0.302 e. The van der Waals surface area contributed by atoms with Gasteiger partial charge < -0.3 is 9.47 Å². The Balaban J connectivity index is 1.58. The molecule has 3 saturated carbocycles. The molecular formula is C26H35NO4. The molecule has 5 nitrogen and oxygen atoms in total. The number of rotatable bonds is 3. The van der Waals surface area contributed by atoms with E-state index in [2.05, 4.69) is 26.0 Å². The fourth-order valence-electron chi connectivity index (χ4n) is 7.63. The largest absolute Gasteiger partial charge is 0.462 e. The summed E-state index contributed by atoms with van der Waals surface area (Å²) in [5.41, 5.74) is 3.62. The third-order valence-corrected chi connectivity index (χ3v) is 9.09. The van der Waals surface area contributed by atoms with Crippen molar-refractivity contribution in [3.63, 3.8) is 0 Å². The quantitative estimate of drug-likeness (QED) is 0.350. The Morgan fingerprint density at radius 1 is 1.10 bits per heavy atom. The third-order valence-electron chi connectivity index (χ3n) is 9.09. The lowest BCUT2D eigenvalue weighted by Crippen LogP contribution is -2.49. The van der Waals surface area contributed by atoms with Gasteiger partial charge in [0, 0.05) is 20.3 Å². The van der Waals surface area contributed by atoms with Crippen molar-refractivity contribution in [1.29, 1.82) is 5.26 Å². The number of allylic oxidation sites excluding steroid dienone is 2. The van der Waals surface area contributed by atoms with Crippen LogP contribution in [0.2, 0.25) is 0 Å². The minimum atomic E-state index is -0.334. The van der Waals surface area contributed by atoms with Gasteiger partial charge in [0.05, 0.1) is 11.6 Å². The van der Waals surface area contributed by atoms with E-state index in [1.165, 1.54) is 31.4 Å². The van der Waals surface area contributed by atoms with Crippen molar-refractivity contribution in [2.45, 2.75) is 85.2 Å². The van der Waals surface area contributed by atoms with Crippen molar-refractivity contribution in [3.8, 4) is 6.07 Å². The van der Waals surface area contributed by atoms with Gasteiger partial charge in [-0.2, -0.15) is 5.26 Å². The molecule has 0 radical (unpaired) electrons. The highest BCUT2D eigenvalue weighted by atomic mass is 16.5. The average Bonchev–Trinajstić information content (AvgIpc) is 3.05. The number of hydrogen-bond donors (Lipinski definition) is 0. The topological polar surface area (TPSA) is 76.4 Å². The van der Waals surface area contributed by atoms with Crippen LogP contribution in [-0.2, 0) is 19.1 Å². The molecule has 0 heterocycles. The number of nitriles is 1. The number of carbonyl (C=O) groups is 2. The van der Waals surface area contributed by atoms with Crippen molar-refractivity contribution >= 4 is 11.9 Å². The SMILES string of the molecule is CC(=O)OC/C(C#N)=C1/CC[C@H]2[C@@H]3CC=C4C[C@H](OC(C)=O)CC[C@]4(C)[C@H]3CC[C@]12C. The highest BCUT2D eigenvalue weighted by Gasteiger charge is 2.57. The summed E-state index contributed by atoms with van der Waals surface area (Å²) < 4.78 is 10.7. The van der Waals surface area contributed by atoms with E-state index in [0.717, 1.165) is 44.9 Å². The molecule has 4 aliphatic rings. The van der Waals surface area contributed by atoms with Gasteiger partial charge in [0.15, 0.2) is 0 Å². The van der Waals surface area contributed by atoms with Crippen LogP contribution < -0.4 is 0 Å². The van der Waals surface area contributed by atoms with Crippen molar-refractivity contribution in [1.82, 2.24) is 0 Å². The van der Waals surface area contributed by atoms with Crippen LogP contribution in [0.15, 0.2) is 22.8 Å². The molecule has 0 aromatic heterocycles. The lowest BCUT2D eigenvalue weighted by molar-refractivity contribution is -0.148.